The maximum atomic E-state index is 13.2. The lowest BCUT2D eigenvalue weighted by Gasteiger charge is -2.23. The fourth-order valence-electron chi connectivity index (χ4n) is 6.35. The van der Waals surface area contributed by atoms with E-state index in [4.69, 9.17) is 5.73 Å². The van der Waals surface area contributed by atoms with Gasteiger partial charge in [-0.3, -0.25) is 9.59 Å². The van der Waals surface area contributed by atoms with E-state index < -0.39 is 0 Å². The lowest BCUT2D eigenvalue weighted by molar-refractivity contribution is -0.132. The van der Waals surface area contributed by atoms with Crippen LogP contribution in [0.25, 0.3) is 0 Å². The summed E-state index contributed by atoms with van der Waals surface area (Å²) in [4.78, 5) is 27.6. The first-order chi connectivity index (χ1) is 24.2. The number of carbonyl (C=O) groups excluding carboxylic acids is 2. The number of amides is 2. The van der Waals surface area contributed by atoms with Crippen molar-refractivity contribution in [3.8, 4) is 0 Å². The Morgan fingerprint density at radius 1 is 0.429 bits per heavy atom. The van der Waals surface area contributed by atoms with Crippen LogP contribution in [0.5, 0.6) is 0 Å². The van der Waals surface area contributed by atoms with Crippen molar-refractivity contribution in [2.75, 3.05) is 65.4 Å². The van der Waals surface area contributed by atoms with Gasteiger partial charge in [-0.1, -0.05) is 155 Å². The summed E-state index contributed by atoms with van der Waals surface area (Å²) >= 11 is 0. The topological polar surface area (TPSA) is 112 Å². The highest BCUT2D eigenvalue weighted by atomic mass is 16.2. The van der Waals surface area contributed by atoms with Crippen LogP contribution >= 0.6 is 0 Å². The third kappa shape index (κ3) is 37.9. The maximum Gasteiger partial charge on any atom is 0.241 e. The highest BCUT2D eigenvalue weighted by molar-refractivity contribution is 5.85. The number of carbonyl (C=O) groups is 2. The van der Waals surface area contributed by atoms with E-state index in [0.717, 1.165) is 84.5 Å². The van der Waals surface area contributed by atoms with Gasteiger partial charge in [0.1, 0.15) is 0 Å². The summed E-state index contributed by atoms with van der Waals surface area (Å²) in [5, 5.41) is 12.9. The third-order valence-corrected chi connectivity index (χ3v) is 9.63. The molecule has 0 aliphatic carbocycles. The van der Waals surface area contributed by atoms with Crippen LogP contribution < -0.4 is 27.0 Å². The zero-order valence-corrected chi connectivity index (χ0v) is 33.0. The normalized spacial score (nSPS) is 11.3. The summed E-state index contributed by atoms with van der Waals surface area (Å²) in [5.74, 6) is -0.0359. The van der Waals surface area contributed by atoms with Gasteiger partial charge in [-0.05, 0) is 58.3 Å². The van der Waals surface area contributed by atoms with Crippen molar-refractivity contribution in [3.63, 3.8) is 0 Å². The average Bonchev–Trinajstić information content (AvgIpc) is 3.11. The molecule has 0 spiro atoms. The largest absolute Gasteiger partial charge is 0.346 e. The molecule has 2 amide bonds. The van der Waals surface area contributed by atoms with Crippen LogP contribution in [0.2, 0.25) is 0 Å². The van der Waals surface area contributed by atoms with Crippen LogP contribution in [-0.2, 0) is 9.59 Å². The molecule has 0 bridgehead atoms. The Balaban J connectivity index is 4.18. The molecule has 8 nitrogen and oxygen atoms in total. The Labute approximate surface area is 305 Å². The minimum Gasteiger partial charge on any atom is -0.346 e. The fraction of sp³-hybridized carbons (Fsp3) is 0.951. The van der Waals surface area contributed by atoms with Gasteiger partial charge in [0.25, 0.3) is 0 Å². The molecule has 0 aliphatic rings. The maximum absolute atomic E-state index is 13.2. The minimum absolute atomic E-state index is 0.0682. The van der Waals surface area contributed by atoms with E-state index in [1.807, 2.05) is 4.90 Å². The van der Waals surface area contributed by atoms with Crippen molar-refractivity contribution >= 4 is 11.8 Å². The molecule has 0 heterocycles. The Hall–Kier alpha value is -1.22. The first-order valence-corrected chi connectivity index (χ1v) is 21.5. The molecule has 0 atom stereocenters. The first-order valence-electron chi connectivity index (χ1n) is 21.5. The molecular formula is C41H86N6O2. The molecule has 6 N–H and O–H groups in total. The van der Waals surface area contributed by atoms with E-state index in [0.29, 0.717) is 0 Å². The van der Waals surface area contributed by atoms with Crippen molar-refractivity contribution in [2.45, 2.75) is 187 Å². The molecule has 0 saturated heterocycles. The van der Waals surface area contributed by atoms with Crippen molar-refractivity contribution in [1.82, 2.24) is 26.2 Å². The molecule has 0 fully saturated rings. The summed E-state index contributed by atoms with van der Waals surface area (Å²) < 4.78 is 0. The molecule has 0 saturated carbocycles. The van der Waals surface area contributed by atoms with Gasteiger partial charge >= 0.3 is 0 Å². The van der Waals surface area contributed by atoms with Crippen LogP contribution in [0, 0.1) is 0 Å². The predicted molar refractivity (Wildman–Crippen MR) is 213 cm³/mol. The van der Waals surface area contributed by atoms with E-state index in [9.17, 15) is 9.59 Å². The number of nitrogens with two attached hydrogens (primary N) is 1. The van der Waals surface area contributed by atoms with Crippen molar-refractivity contribution in [3.05, 3.63) is 0 Å². The van der Waals surface area contributed by atoms with E-state index in [1.165, 1.54) is 141 Å². The number of hydrogen-bond donors (Lipinski definition) is 5. The molecule has 0 aromatic rings. The molecule has 49 heavy (non-hydrogen) atoms. The number of hydrogen-bond acceptors (Lipinski definition) is 6. The van der Waals surface area contributed by atoms with Crippen molar-refractivity contribution in [1.29, 1.82) is 0 Å². The van der Waals surface area contributed by atoms with E-state index in [-0.39, 0.29) is 24.9 Å². The second kappa shape index (κ2) is 41.2. The molecule has 0 aliphatic heterocycles. The Morgan fingerprint density at radius 3 is 1.22 bits per heavy atom. The van der Waals surface area contributed by atoms with Crippen LogP contribution in [0.15, 0.2) is 0 Å². The number of nitrogens with one attached hydrogen (secondary N) is 4. The quantitative estimate of drug-likeness (QED) is 0.0413. The van der Waals surface area contributed by atoms with Gasteiger partial charge in [-0.15, -0.1) is 0 Å². The zero-order valence-electron chi connectivity index (χ0n) is 33.0. The van der Waals surface area contributed by atoms with Gasteiger partial charge < -0.3 is 31.9 Å². The van der Waals surface area contributed by atoms with Crippen LogP contribution in [0.3, 0.4) is 0 Å². The highest BCUT2D eigenvalue weighted by Gasteiger charge is 2.14. The van der Waals surface area contributed by atoms with Gasteiger partial charge in [0.2, 0.25) is 11.8 Å². The lowest BCUT2D eigenvalue weighted by atomic mass is 10.0. The second-order valence-corrected chi connectivity index (χ2v) is 14.5. The molecule has 0 rings (SSSR count). The van der Waals surface area contributed by atoms with E-state index >= 15 is 0 Å². The molecule has 8 heteroatoms. The standard InChI is InChI=1S/C41H86N6O2/c1-3-5-7-9-11-13-15-17-19-21-23-27-36-47(37-28-24-22-20-18-16-14-12-10-8-6-4-2)41(49)39-46-40(48)38-45-35-34-44-32-26-25-31-43-33-29-30-42/h43-45H,3-39,42H2,1-2H3,(H,46,48). The van der Waals surface area contributed by atoms with Gasteiger partial charge in [0.15, 0.2) is 0 Å². The van der Waals surface area contributed by atoms with E-state index in [1.54, 1.807) is 0 Å². The van der Waals surface area contributed by atoms with Crippen LogP contribution in [0.4, 0.5) is 0 Å². The van der Waals surface area contributed by atoms with Gasteiger partial charge in [0.05, 0.1) is 13.1 Å². The second-order valence-electron chi connectivity index (χ2n) is 14.5. The minimum atomic E-state index is -0.104. The third-order valence-electron chi connectivity index (χ3n) is 9.63. The summed E-state index contributed by atoms with van der Waals surface area (Å²) in [7, 11) is 0. The molecule has 292 valence electrons. The summed E-state index contributed by atoms with van der Waals surface area (Å²) in [6.07, 6.45) is 35.0. The highest BCUT2D eigenvalue weighted by Crippen LogP contribution is 2.14. The van der Waals surface area contributed by atoms with Crippen molar-refractivity contribution < 1.29 is 9.59 Å². The smallest absolute Gasteiger partial charge is 0.241 e. The molecule has 0 aromatic heterocycles. The first kappa shape index (κ1) is 47.8. The molecule has 0 aromatic carbocycles. The summed E-state index contributed by atoms with van der Waals surface area (Å²) in [6, 6.07) is 0. The Bertz CT molecular complexity index is 652. The SMILES string of the molecule is CCCCCCCCCCCCCCN(CCCCCCCCCCCCCC)C(=O)CNC(=O)CNCCNCCCCNCCCN. The van der Waals surface area contributed by atoms with Gasteiger partial charge in [0, 0.05) is 26.2 Å². The number of nitrogens with zero attached hydrogens (tertiary/aromatic N) is 1. The van der Waals surface area contributed by atoms with Crippen molar-refractivity contribution in [2.24, 2.45) is 5.73 Å². The fourth-order valence-corrected chi connectivity index (χ4v) is 6.35. The monoisotopic (exact) mass is 695 g/mol. The summed E-state index contributed by atoms with van der Waals surface area (Å²) in [5.41, 5.74) is 5.51. The zero-order chi connectivity index (χ0) is 35.7. The predicted octanol–water partition coefficient (Wildman–Crippen LogP) is 8.23. The Kier molecular flexibility index (Phi) is 40.2. The average molecular weight is 695 g/mol. The molecule has 0 radical (unpaired) electrons. The van der Waals surface area contributed by atoms with Crippen LogP contribution in [0.1, 0.15) is 187 Å². The van der Waals surface area contributed by atoms with Gasteiger partial charge in [-0.25, -0.2) is 0 Å². The van der Waals surface area contributed by atoms with Crippen LogP contribution in [-0.4, -0.2) is 82.2 Å². The number of unbranched alkanes of at least 4 members (excludes halogenated alkanes) is 23. The Morgan fingerprint density at radius 2 is 0.796 bits per heavy atom. The van der Waals surface area contributed by atoms with E-state index in [2.05, 4.69) is 35.1 Å². The molecular weight excluding hydrogens is 608 g/mol. The van der Waals surface area contributed by atoms with Gasteiger partial charge in [-0.2, -0.15) is 0 Å². The summed E-state index contributed by atoms with van der Waals surface area (Å²) in [6.45, 7) is 11.9. The molecule has 0 unspecified atom stereocenters. The number of rotatable bonds is 41. The lowest BCUT2D eigenvalue weighted by Crippen LogP contribution is -2.44.